The lowest BCUT2D eigenvalue weighted by Gasteiger charge is -1.98. The molecule has 0 saturated carbocycles. The lowest BCUT2D eigenvalue weighted by molar-refractivity contribution is 0.516. The molecule has 0 aliphatic carbocycles. The molecule has 0 N–H and O–H groups in total. The van der Waals surface area contributed by atoms with E-state index in [0.717, 1.165) is 9.34 Å². The van der Waals surface area contributed by atoms with E-state index in [1.807, 2.05) is 12.1 Å². The Morgan fingerprint density at radius 1 is 1.00 bits per heavy atom. The van der Waals surface area contributed by atoms with E-state index in [0.29, 0.717) is 0 Å². The maximum absolute atomic E-state index is 4.92. The first-order valence-electron chi connectivity index (χ1n) is 6.37. The number of halogens is 4. The lowest BCUT2D eigenvalue weighted by atomic mass is 10.1. The van der Waals surface area contributed by atoms with Gasteiger partial charge in [-0.05, 0) is 100 Å². The maximum atomic E-state index is 4.92. The summed E-state index contributed by atoms with van der Waals surface area (Å²) in [5, 5.41) is 0. The molecule has 0 saturated heterocycles. The van der Waals surface area contributed by atoms with Gasteiger partial charge in [-0.2, -0.15) is 0 Å². The highest BCUT2D eigenvalue weighted by Gasteiger charge is 2.03. The smallest absolute Gasteiger partial charge is 0.170 e. The molecule has 0 bridgehead atoms. The normalized spacial score (nSPS) is 10.2. The van der Waals surface area contributed by atoms with Crippen molar-refractivity contribution in [3.05, 3.63) is 40.7 Å². The summed E-state index contributed by atoms with van der Waals surface area (Å²) in [4.78, 5) is 0. The highest BCUT2D eigenvalue weighted by atomic mass is 79.9. The molecule has 0 aliphatic heterocycles. The first kappa shape index (κ1) is 18.9. The summed E-state index contributed by atoms with van der Waals surface area (Å²) in [5.74, 6) is 0. The van der Waals surface area contributed by atoms with Crippen LogP contribution in [0, 0.1) is 0 Å². The van der Waals surface area contributed by atoms with E-state index in [1.54, 1.807) is 11.3 Å². The Balaban J connectivity index is 0.000000240. The average Bonchev–Trinajstić information content (AvgIpc) is 2.91. The number of furan rings is 1. The number of aryl methyl sites for hydroxylation is 1. The number of rotatable bonds is 5. The van der Waals surface area contributed by atoms with Gasteiger partial charge in [-0.15, -0.1) is 11.3 Å². The van der Waals surface area contributed by atoms with E-state index in [-0.39, 0.29) is 0 Å². The van der Waals surface area contributed by atoms with Crippen LogP contribution >= 0.6 is 75.1 Å². The Hall–Kier alpha value is 0.900. The van der Waals surface area contributed by atoms with Crippen molar-refractivity contribution in [3.63, 3.8) is 0 Å². The van der Waals surface area contributed by atoms with Gasteiger partial charge in [0.2, 0.25) is 0 Å². The lowest BCUT2D eigenvalue weighted by Crippen LogP contribution is -1.83. The minimum atomic E-state index is 0.749. The monoisotopic (exact) mass is 548 g/mol. The van der Waals surface area contributed by atoms with Crippen LogP contribution in [-0.4, -0.2) is 0 Å². The third kappa shape index (κ3) is 7.78. The Morgan fingerprint density at radius 2 is 1.65 bits per heavy atom. The van der Waals surface area contributed by atoms with E-state index >= 15 is 0 Å². The molecule has 1 nitrogen and oxygen atoms in total. The zero-order valence-electron chi connectivity index (χ0n) is 11.1. The van der Waals surface area contributed by atoms with Gasteiger partial charge in [0.25, 0.3) is 0 Å². The molecule has 6 heteroatoms. The van der Waals surface area contributed by atoms with Crippen LogP contribution in [0.4, 0.5) is 0 Å². The van der Waals surface area contributed by atoms with Crippen LogP contribution in [0.2, 0.25) is 0 Å². The zero-order chi connectivity index (χ0) is 15.0. The van der Waals surface area contributed by atoms with Crippen LogP contribution in [0.5, 0.6) is 0 Å². The van der Waals surface area contributed by atoms with Gasteiger partial charge < -0.3 is 4.42 Å². The van der Waals surface area contributed by atoms with Crippen molar-refractivity contribution < 1.29 is 4.42 Å². The van der Waals surface area contributed by atoms with Gasteiger partial charge in [0.05, 0.1) is 7.57 Å². The van der Waals surface area contributed by atoms with Crippen LogP contribution in [0.15, 0.2) is 39.5 Å². The van der Waals surface area contributed by atoms with E-state index < -0.39 is 0 Å². The molecule has 0 aliphatic rings. The van der Waals surface area contributed by atoms with E-state index in [4.69, 9.17) is 4.42 Å². The van der Waals surface area contributed by atoms with Crippen molar-refractivity contribution in [2.75, 3.05) is 0 Å². The third-order valence-corrected chi connectivity index (χ3v) is 5.88. The summed E-state index contributed by atoms with van der Waals surface area (Å²) in [5.41, 5.74) is 1.45. The van der Waals surface area contributed by atoms with E-state index in [9.17, 15) is 0 Å². The Kier molecular flexibility index (Phi) is 10.0. The second-order valence-corrected chi connectivity index (χ2v) is 9.52. The summed E-state index contributed by atoms with van der Waals surface area (Å²) in [6, 6.07) is 5.87. The summed E-state index contributed by atoms with van der Waals surface area (Å²) < 4.78 is 8.93. The van der Waals surface area contributed by atoms with Crippen LogP contribution in [0.3, 0.4) is 0 Å². The molecule has 2 heterocycles. The predicted molar refractivity (Wildman–Crippen MR) is 102 cm³/mol. The maximum Gasteiger partial charge on any atom is 0.170 e. The van der Waals surface area contributed by atoms with E-state index in [2.05, 4.69) is 76.7 Å². The quantitative estimate of drug-likeness (QED) is 0.341. The molecule has 0 radical (unpaired) electrons. The molecule has 2 rings (SSSR count). The Bertz CT molecular complexity index is 490. The molecule has 2 aromatic rings. The predicted octanol–water partition coefficient (Wildman–Crippen LogP) is 8.20. The van der Waals surface area contributed by atoms with Crippen molar-refractivity contribution in [1.82, 2.24) is 0 Å². The van der Waals surface area contributed by atoms with Gasteiger partial charge >= 0.3 is 0 Å². The minimum absolute atomic E-state index is 0.749. The SMILES string of the molecule is Brc1ccc(Br)o1.CCCCCCc1cc(Br)sc1Br. The minimum Gasteiger partial charge on any atom is -0.443 e. The molecule has 20 heavy (non-hydrogen) atoms. The summed E-state index contributed by atoms with van der Waals surface area (Å²) in [6.07, 6.45) is 6.56. The van der Waals surface area contributed by atoms with Crippen molar-refractivity contribution in [2.24, 2.45) is 0 Å². The number of hydrogen-bond acceptors (Lipinski definition) is 2. The Labute approximate surface area is 158 Å². The number of thiophene rings is 1. The summed E-state index contributed by atoms with van der Waals surface area (Å²) >= 11 is 15.1. The molecule has 0 amide bonds. The number of unbranched alkanes of at least 4 members (excludes halogenated alkanes) is 3. The Morgan fingerprint density at radius 3 is 2.05 bits per heavy atom. The van der Waals surface area contributed by atoms with Crippen LogP contribution in [0.25, 0.3) is 0 Å². The first-order valence-corrected chi connectivity index (χ1v) is 10.4. The second-order valence-electron chi connectivity index (χ2n) is 4.20. The van der Waals surface area contributed by atoms with E-state index in [1.165, 1.54) is 45.2 Å². The fourth-order valence-corrected chi connectivity index (χ4v) is 5.32. The van der Waals surface area contributed by atoms with Crippen molar-refractivity contribution in [3.8, 4) is 0 Å². The van der Waals surface area contributed by atoms with Gasteiger partial charge in [-0.25, -0.2) is 0 Å². The largest absolute Gasteiger partial charge is 0.443 e. The molecule has 0 aromatic carbocycles. The standard InChI is InChI=1S/C10H14Br2S.C4H2Br2O/c1-2-3-4-5-6-8-7-9(11)13-10(8)12;5-3-1-2-4(6)7-3/h7H,2-6H2,1H3;1-2H. The van der Waals surface area contributed by atoms with Gasteiger partial charge in [0.1, 0.15) is 0 Å². The highest BCUT2D eigenvalue weighted by molar-refractivity contribution is 9.12. The number of hydrogen-bond donors (Lipinski definition) is 0. The summed E-state index contributed by atoms with van der Waals surface area (Å²) in [6.45, 7) is 2.25. The molecule has 112 valence electrons. The second kappa shape index (κ2) is 10.6. The van der Waals surface area contributed by atoms with Crippen molar-refractivity contribution in [1.29, 1.82) is 0 Å². The molecule has 0 unspecified atom stereocenters. The van der Waals surface area contributed by atoms with Gasteiger partial charge in [0.15, 0.2) is 9.34 Å². The molecular formula is C14H16Br4OS. The molecule has 0 spiro atoms. The molecular weight excluding hydrogens is 536 g/mol. The molecule has 2 aromatic heterocycles. The highest BCUT2D eigenvalue weighted by Crippen LogP contribution is 2.32. The molecule has 0 atom stereocenters. The van der Waals surface area contributed by atoms with Crippen molar-refractivity contribution in [2.45, 2.75) is 39.0 Å². The van der Waals surface area contributed by atoms with Crippen LogP contribution < -0.4 is 0 Å². The van der Waals surface area contributed by atoms with Gasteiger partial charge in [-0.1, -0.05) is 26.2 Å². The van der Waals surface area contributed by atoms with Crippen molar-refractivity contribution >= 4 is 75.1 Å². The topological polar surface area (TPSA) is 13.1 Å². The van der Waals surface area contributed by atoms with Gasteiger partial charge in [-0.3, -0.25) is 0 Å². The third-order valence-electron chi connectivity index (χ3n) is 2.57. The van der Waals surface area contributed by atoms with Crippen LogP contribution in [0.1, 0.15) is 38.2 Å². The fourth-order valence-electron chi connectivity index (χ4n) is 1.58. The fraction of sp³-hybridized carbons (Fsp3) is 0.429. The van der Waals surface area contributed by atoms with Gasteiger partial charge in [0, 0.05) is 0 Å². The van der Waals surface area contributed by atoms with Crippen LogP contribution in [-0.2, 0) is 6.42 Å². The first-order chi connectivity index (χ1) is 9.52. The molecule has 0 fully saturated rings. The average molecular weight is 552 g/mol. The summed E-state index contributed by atoms with van der Waals surface area (Å²) in [7, 11) is 0. The zero-order valence-corrected chi connectivity index (χ0v) is 18.3.